The van der Waals surface area contributed by atoms with Crippen molar-refractivity contribution in [1.82, 2.24) is 0 Å². The molecule has 0 spiro atoms. The average Bonchev–Trinajstić information content (AvgIpc) is 3.10. The molecule has 0 radical (unpaired) electrons. The zero-order valence-electron chi connectivity index (χ0n) is 10.2. The second kappa shape index (κ2) is 4.98. The molecule has 20 heavy (non-hydrogen) atoms. The van der Waals surface area contributed by atoms with Gasteiger partial charge in [0.15, 0.2) is 0 Å². The van der Waals surface area contributed by atoms with Crippen LogP contribution < -0.4 is 4.72 Å². The maximum Gasteiger partial charge on any atom is 0.417 e. The van der Waals surface area contributed by atoms with Crippen molar-refractivity contribution in [2.75, 3.05) is 10.5 Å². The summed E-state index contributed by atoms with van der Waals surface area (Å²) in [7, 11) is -3.65. The van der Waals surface area contributed by atoms with Crippen molar-refractivity contribution in [3.05, 3.63) is 29.3 Å². The Morgan fingerprint density at radius 3 is 2.50 bits per heavy atom. The van der Waals surface area contributed by atoms with E-state index in [9.17, 15) is 21.6 Å². The molecule has 1 aliphatic carbocycles. The number of alkyl halides is 3. The quantitative estimate of drug-likeness (QED) is 0.929. The summed E-state index contributed by atoms with van der Waals surface area (Å²) in [6.07, 6.45) is -3.06. The lowest BCUT2D eigenvalue weighted by Crippen LogP contribution is -2.18. The van der Waals surface area contributed by atoms with Gasteiger partial charge < -0.3 is 0 Å². The fourth-order valence-corrected chi connectivity index (χ4v) is 3.28. The molecule has 108 valence electrons. The highest BCUT2D eigenvalue weighted by Crippen LogP contribution is 2.34. The minimum Gasteiger partial charge on any atom is -0.284 e. The van der Waals surface area contributed by atoms with Crippen LogP contribution in [-0.2, 0) is 16.2 Å². The largest absolute Gasteiger partial charge is 0.417 e. The van der Waals surface area contributed by atoms with Crippen LogP contribution in [0.5, 0.6) is 0 Å². The number of nitrogens with zero attached hydrogens (tertiary/aromatic N) is 1. The van der Waals surface area contributed by atoms with Crippen LogP contribution >= 0.6 is 0 Å². The van der Waals surface area contributed by atoms with Crippen LogP contribution in [0, 0.1) is 17.2 Å². The Hall–Kier alpha value is -1.75. The second-order valence-corrected chi connectivity index (χ2v) is 6.46. The SMILES string of the molecule is N#Cc1ccc(NS(=O)(=O)CC2CC2)cc1C(F)(F)F. The maximum atomic E-state index is 12.7. The van der Waals surface area contributed by atoms with Crippen molar-refractivity contribution >= 4 is 15.7 Å². The van der Waals surface area contributed by atoms with E-state index in [-0.39, 0.29) is 17.4 Å². The molecule has 2 rings (SSSR count). The zero-order chi connectivity index (χ0) is 15.0. The first-order valence-corrected chi connectivity index (χ1v) is 7.48. The summed E-state index contributed by atoms with van der Waals surface area (Å²) in [5, 5.41) is 8.64. The first-order chi connectivity index (χ1) is 9.21. The van der Waals surface area contributed by atoms with E-state index in [1.54, 1.807) is 0 Å². The first-order valence-electron chi connectivity index (χ1n) is 5.83. The predicted octanol–water partition coefficient (Wildman–Crippen LogP) is 2.73. The molecule has 1 saturated carbocycles. The number of hydrogen-bond donors (Lipinski definition) is 1. The average molecular weight is 304 g/mol. The Bertz CT molecular complexity index is 658. The van der Waals surface area contributed by atoms with Crippen LogP contribution in [0.2, 0.25) is 0 Å². The summed E-state index contributed by atoms with van der Waals surface area (Å²) in [6, 6.07) is 4.19. The van der Waals surface area contributed by atoms with E-state index in [2.05, 4.69) is 4.72 Å². The maximum absolute atomic E-state index is 12.7. The highest BCUT2D eigenvalue weighted by molar-refractivity contribution is 7.92. The summed E-state index contributed by atoms with van der Waals surface area (Å²) in [6.45, 7) is 0. The lowest BCUT2D eigenvalue weighted by Gasteiger charge is -2.12. The van der Waals surface area contributed by atoms with Crippen LogP contribution in [0.3, 0.4) is 0 Å². The van der Waals surface area contributed by atoms with E-state index in [0.717, 1.165) is 25.0 Å². The molecule has 1 fully saturated rings. The van der Waals surface area contributed by atoms with Gasteiger partial charge in [-0.05, 0) is 37.0 Å². The van der Waals surface area contributed by atoms with Gasteiger partial charge in [-0.3, -0.25) is 4.72 Å². The third-order valence-corrected chi connectivity index (χ3v) is 4.33. The van der Waals surface area contributed by atoms with Gasteiger partial charge in [-0.15, -0.1) is 0 Å². The van der Waals surface area contributed by atoms with Gasteiger partial charge in [-0.2, -0.15) is 18.4 Å². The summed E-state index contributed by atoms with van der Waals surface area (Å²) >= 11 is 0. The van der Waals surface area contributed by atoms with Crippen molar-refractivity contribution in [1.29, 1.82) is 5.26 Å². The van der Waals surface area contributed by atoms with Crippen molar-refractivity contribution in [3.63, 3.8) is 0 Å². The number of sulfonamides is 1. The Kier molecular flexibility index (Phi) is 3.65. The number of nitrogens with one attached hydrogen (secondary N) is 1. The van der Waals surface area contributed by atoms with Gasteiger partial charge in [0.05, 0.1) is 22.9 Å². The molecular weight excluding hydrogens is 293 g/mol. The molecule has 0 heterocycles. The van der Waals surface area contributed by atoms with E-state index >= 15 is 0 Å². The number of benzene rings is 1. The molecule has 0 amide bonds. The molecule has 4 nitrogen and oxygen atoms in total. The topological polar surface area (TPSA) is 70.0 Å². The first kappa shape index (κ1) is 14.7. The fraction of sp³-hybridized carbons (Fsp3) is 0.417. The smallest absolute Gasteiger partial charge is 0.284 e. The molecule has 1 aromatic rings. The van der Waals surface area contributed by atoms with E-state index in [1.165, 1.54) is 6.07 Å². The zero-order valence-corrected chi connectivity index (χ0v) is 11.1. The lowest BCUT2D eigenvalue weighted by atomic mass is 10.1. The third-order valence-electron chi connectivity index (χ3n) is 2.87. The summed E-state index contributed by atoms with van der Waals surface area (Å²) in [4.78, 5) is 0. The lowest BCUT2D eigenvalue weighted by molar-refractivity contribution is -0.137. The van der Waals surface area contributed by atoms with Gasteiger partial charge in [0.1, 0.15) is 0 Å². The van der Waals surface area contributed by atoms with E-state index in [4.69, 9.17) is 5.26 Å². The predicted molar refractivity (Wildman–Crippen MR) is 66.3 cm³/mol. The van der Waals surface area contributed by atoms with Gasteiger partial charge in [0.2, 0.25) is 10.0 Å². The fourth-order valence-electron chi connectivity index (χ4n) is 1.76. The molecule has 0 aromatic heterocycles. The molecule has 0 unspecified atom stereocenters. The van der Waals surface area contributed by atoms with Gasteiger partial charge in [0.25, 0.3) is 0 Å². The summed E-state index contributed by atoms with van der Waals surface area (Å²) in [5.41, 5.74) is -1.87. The molecule has 0 bridgehead atoms. The van der Waals surface area contributed by atoms with Crippen molar-refractivity contribution < 1.29 is 21.6 Å². The molecule has 1 N–H and O–H groups in total. The minimum absolute atomic E-state index is 0.0889. The van der Waals surface area contributed by atoms with Crippen LogP contribution in [0.15, 0.2) is 18.2 Å². The number of rotatable bonds is 4. The standard InChI is InChI=1S/C12H11F3N2O2S/c13-12(14,15)11-5-10(4-3-9(11)6-16)17-20(18,19)7-8-1-2-8/h3-5,8,17H,1-2,7H2. The van der Waals surface area contributed by atoms with Crippen LogP contribution in [0.25, 0.3) is 0 Å². The monoisotopic (exact) mass is 304 g/mol. The van der Waals surface area contributed by atoms with Crippen molar-refractivity contribution in [3.8, 4) is 6.07 Å². The molecule has 1 aliphatic rings. The normalized spacial score (nSPS) is 15.7. The molecule has 0 atom stereocenters. The number of nitriles is 1. The van der Waals surface area contributed by atoms with Gasteiger partial charge >= 0.3 is 6.18 Å². The number of halogens is 3. The molecule has 8 heteroatoms. The van der Waals surface area contributed by atoms with Crippen LogP contribution in [-0.4, -0.2) is 14.2 Å². The van der Waals surface area contributed by atoms with E-state index in [0.29, 0.717) is 6.07 Å². The van der Waals surface area contributed by atoms with E-state index < -0.39 is 27.3 Å². The van der Waals surface area contributed by atoms with E-state index in [1.807, 2.05) is 0 Å². The Morgan fingerprint density at radius 1 is 1.35 bits per heavy atom. The van der Waals surface area contributed by atoms with Crippen LogP contribution in [0.1, 0.15) is 24.0 Å². The van der Waals surface area contributed by atoms with Gasteiger partial charge in [-0.1, -0.05) is 0 Å². The highest BCUT2D eigenvalue weighted by Gasteiger charge is 2.34. The van der Waals surface area contributed by atoms with Crippen molar-refractivity contribution in [2.45, 2.75) is 19.0 Å². The van der Waals surface area contributed by atoms with Crippen molar-refractivity contribution in [2.24, 2.45) is 5.92 Å². The van der Waals surface area contributed by atoms with Gasteiger partial charge in [-0.25, -0.2) is 8.42 Å². The number of hydrogen-bond acceptors (Lipinski definition) is 3. The highest BCUT2D eigenvalue weighted by atomic mass is 32.2. The van der Waals surface area contributed by atoms with Crippen LogP contribution in [0.4, 0.5) is 18.9 Å². The summed E-state index contributed by atoms with van der Waals surface area (Å²) < 4.78 is 63.8. The second-order valence-electron chi connectivity index (χ2n) is 4.70. The molecule has 1 aromatic carbocycles. The number of anilines is 1. The Labute approximate surface area is 114 Å². The molecular formula is C12H11F3N2O2S. The minimum atomic E-state index is -4.71. The molecule has 0 saturated heterocycles. The summed E-state index contributed by atoms with van der Waals surface area (Å²) in [5.74, 6) is 0.00178. The molecule has 0 aliphatic heterocycles. The third kappa shape index (κ3) is 3.63. The Morgan fingerprint density at radius 2 is 2.00 bits per heavy atom. The Balaban J connectivity index is 2.27. The van der Waals surface area contributed by atoms with Gasteiger partial charge in [0, 0.05) is 5.69 Å².